The highest BCUT2D eigenvalue weighted by Crippen LogP contribution is 2.42. The predicted octanol–water partition coefficient (Wildman–Crippen LogP) is 5.37. The number of piperidine rings is 1. The minimum Gasteiger partial charge on any atom is -0.486 e. The average Bonchev–Trinajstić information content (AvgIpc) is 2.75. The van der Waals surface area contributed by atoms with Crippen molar-refractivity contribution < 1.29 is 14.3 Å². The molecule has 31 heavy (non-hydrogen) atoms. The quantitative estimate of drug-likeness (QED) is 0.545. The summed E-state index contributed by atoms with van der Waals surface area (Å²) in [6.45, 7) is 3.11. The van der Waals surface area contributed by atoms with Crippen molar-refractivity contribution in [1.82, 2.24) is 4.90 Å². The molecule has 0 radical (unpaired) electrons. The summed E-state index contributed by atoms with van der Waals surface area (Å²) in [5.41, 5.74) is 1.97. The maximum Gasteiger partial charge on any atom is 0.227 e. The topological polar surface area (TPSA) is 46.6 Å². The number of benzene rings is 3. The van der Waals surface area contributed by atoms with E-state index in [1.54, 1.807) is 6.07 Å². The van der Waals surface area contributed by atoms with Crippen LogP contribution in [0.5, 0.6) is 5.75 Å². The number of rotatable bonds is 2. The number of nitrogens with zero attached hydrogens (tertiary/aromatic N) is 1. The molecule has 0 bridgehead atoms. The number of hydrogen-bond acceptors (Lipinski definition) is 3. The van der Waals surface area contributed by atoms with E-state index in [4.69, 9.17) is 16.3 Å². The normalized spacial score (nSPS) is 17.5. The van der Waals surface area contributed by atoms with E-state index in [1.807, 2.05) is 42.2 Å². The van der Waals surface area contributed by atoms with Gasteiger partial charge in [0.05, 0.1) is 18.4 Å². The number of aryl methyl sites for hydroxylation is 1. The van der Waals surface area contributed by atoms with Crippen LogP contribution in [0.3, 0.4) is 0 Å². The first-order valence-electron chi connectivity index (χ1n) is 10.7. The van der Waals surface area contributed by atoms with Crippen molar-refractivity contribution in [2.45, 2.75) is 38.2 Å². The fraction of sp³-hybridized carbons (Fsp3) is 0.308. The van der Waals surface area contributed by atoms with E-state index in [0.29, 0.717) is 55.1 Å². The molecule has 5 heteroatoms. The minimum absolute atomic E-state index is 0.0716. The van der Waals surface area contributed by atoms with Gasteiger partial charge in [0, 0.05) is 31.0 Å². The Hall–Kier alpha value is -2.85. The molecule has 0 atom stereocenters. The number of likely N-dealkylation sites (tertiary alicyclic amines) is 1. The summed E-state index contributed by atoms with van der Waals surface area (Å²) < 4.78 is 6.40. The highest BCUT2D eigenvalue weighted by atomic mass is 35.5. The first kappa shape index (κ1) is 20.1. The molecule has 0 unspecified atom stereocenters. The highest BCUT2D eigenvalue weighted by Gasteiger charge is 2.44. The van der Waals surface area contributed by atoms with Gasteiger partial charge in [-0.15, -0.1) is 0 Å². The molecule has 5 rings (SSSR count). The molecule has 2 aliphatic heterocycles. The summed E-state index contributed by atoms with van der Waals surface area (Å²) in [5, 5.41) is 2.82. The van der Waals surface area contributed by atoms with Crippen molar-refractivity contribution in [3.05, 3.63) is 76.3 Å². The van der Waals surface area contributed by atoms with Gasteiger partial charge in [0.15, 0.2) is 5.78 Å². The Balaban J connectivity index is 1.30. The van der Waals surface area contributed by atoms with E-state index in [2.05, 4.69) is 18.2 Å². The minimum atomic E-state index is -0.529. The van der Waals surface area contributed by atoms with E-state index in [-0.39, 0.29) is 11.7 Å². The van der Waals surface area contributed by atoms with Crippen LogP contribution < -0.4 is 4.74 Å². The number of ether oxygens (including phenoxy) is 1. The van der Waals surface area contributed by atoms with Gasteiger partial charge < -0.3 is 9.64 Å². The van der Waals surface area contributed by atoms with E-state index in [0.717, 1.165) is 21.9 Å². The number of halogens is 1. The standard InChI is InChI=1S/C26H24ClNO3/c1-17-13-20(27)15-22-23(29)16-26(31-25(17)22)9-11-28(12-10-26)24(30)14-19-7-4-6-18-5-2-3-8-21(18)19/h2-8,13,15H,9-12,14,16H2,1H3. The number of Topliss-reactive ketones (excluding diaryl/α,β-unsaturated/α-hetero) is 1. The number of hydrogen-bond donors (Lipinski definition) is 0. The maximum absolute atomic E-state index is 13.0. The Morgan fingerprint density at radius 1 is 1.10 bits per heavy atom. The molecule has 0 aliphatic carbocycles. The predicted molar refractivity (Wildman–Crippen MR) is 122 cm³/mol. The van der Waals surface area contributed by atoms with Crippen LogP contribution in [0, 0.1) is 6.92 Å². The molecule has 0 aromatic heterocycles. The van der Waals surface area contributed by atoms with E-state index in [9.17, 15) is 9.59 Å². The average molecular weight is 434 g/mol. The molecule has 4 nitrogen and oxygen atoms in total. The molecule has 1 spiro atoms. The van der Waals surface area contributed by atoms with Crippen molar-refractivity contribution in [2.24, 2.45) is 0 Å². The van der Waals surface area contributed by atoms with Crippen LogP contribution in [-0.2, 0) is 11.2 Å². The Kier molecular flexibility index (Phi) is 4.98. The van der Waals surface area contributed by atoms with Crippen LogP contribution >= 0.6 is 11.6 Å². The van der Waals surface area contributed by atoms with Crippen LogP contribution in [0.25, 0.3) is 10.8 Å². The fourth-order valence-electron chi connectivity index (χ4n) is 4.88. The van der Waals surface area contributed by atoms with Gasteiger partial charge in [-0.25, -0.2) is 0 Å². The molecule has 3 aromatic carbocycles. The molecule has 0 N–H and O–H groups in total. The van der Waals surface area contributed by atoms with Gasteiger partial charge in [-0.1, -0.05) is 54.1 Å². The maximum atomic E-state index is 13.0. The molecule has 2 aliphatic rings. The lowest BCUT2D eigenvalue weighted by Gasteiger charge is -2.44. The van der Waals surface area contributed by atoms with Gasteiger partial charge in [-0.05, 0) is 41.0 Å². The van der Waals surface area contributed by atoms with E-state index < -0.39 is 5.60 Å². The number of amides is 1. The monoisotopic (exact) mass is 433 g/mol. The second kappa shape index (κ2) is 7.69. The van der Waals surface area contributed by atoms with Gasteiger partial charge in [0.2, 0.25) is 5.91 Å². The molecule has 158 valence electrons. The lowest BCUT2D eigenvalue weighted by molar-refractivity contribution is -0.134. The molecule has 2 heterocycles. The number of carbonyl (C=O) groups is 2. The van der Waals surface area contributed by atoms with Gasteiger partial charge in [-0.2, -0.15) is 0 Å². The Morgan fingerprint density at radius 2 is 1.84 bits per heavy atom. The summed E-state index contributed by atoms with van der Waals surface area (Å²) in [5.74, 6) is 0.843. The first-order valence-corrected chi connectivity index (χ1v) is 11.1. The Bertz CT molecular complexity index is 1190. The van der Waals surface area contributed by atoms with Crippen molar-refractivity contribution in [2.75, 3.05) is 13.1 Å². The SMILES string of the molecule is Cc1cc(Cl)cc2c1OC1(CCN(C(=O)Cc3cccc4ccccc34)CC1)CC2=O. The van der Waals surface area contributed by atoms with Gasteiger partial charge >= 0.3 is 0 Å². The van der Waals surface area contributed by atoms with E-state index >= 15 is 0 Å². The van der Waals surface area contributed by atoms with Crippen LogP contribution in [0.1, 0.15) is 40.7 Å². The number of ketones is 1. The van der Waals surface area contributed by atoms with Gasteiger partial charge in [0.25, 0.3) is 0 Å². The fourth-order valence-corrected chi connectivity index (χ4v) is 5.15. The van der Waals surface area contributed by atoms with Crippen molar-refractivity contribution >= 4 is 34.1 Å². The lowest BCUT2D eigenvalue weighted by atomic mass is 9.82. The molecule has 1 fully saturated rings. The Morgan fingerprint density at radius 3 is 2.65 bits per heavy atom. The molecule has 3 aromatic rings. The van der Waals surface area contributed by atoms with Crippen LogP contribution in [-0.4, -0.2) is 35.3 Å². The number of carbonyl (C=O) groups excluding carboxylic acids is 2. The second-order valence-electron chi connectivity index (χ2n) is 8.68. The van der Waals surface area contributed by atoms with Crippen molar-refractivity contribution in [1.29, 1.82) is 0 Å². The summed E-state index contributed by atoms with van der Waals surface area (Å²) in [7, 11) is 0. The van der Waals surface area contributed by atoms with Gasteiger partial charge in [-0.3, -0.25) is 9.59 Å². The summed E-state index contributed by atoms with van der Waals surface area (Å²) >= 11 is 6.13. The van der Waals surface area contributed by atoms with Crippen molar-refractivity contribution in [3.63, 3.8) is 0 Å². The van der Waals surface area contributed by atoms with Crippen LogP contribution in [0.2, 0.25) is 5.02 Å². The molecular formula is C26H24ClNO3. The third-order valence-electron chi connectivity index (χ3n) is 6.59. The molecule has 0 saturated carbocycles. The highest BCUT2D eigenvalue weighted by molar-refractivity contribution is 6.31. The molecule has 1 saturated heterocycles. The third-order valence-corrected chi connectivity index (χ3v) is 6.81. The second-order valence-corrected chi connectivity index (χ2v) is 9.12. The zero-order valence-electron chi connectivity index (χ0n) is 17.5. The zero-order chi connectivity index (χ0) is 21.6. The van der Waals surface area contributed by atoms with Crippen LogP contribution in [0.15, 0.2) is 54.6 Å². The Labute approximate surface area is 186 Å². The van der Waals surface area contributed by atoms with Crippen molar-refractivity contribution in [3.8, 4) is 5.75 Å². The summed E-state index contributed by atoms with van der Waals surface area (Å²) in [6, 6.07) is 17.8. The summed E-state index contributed by atoms with van der Waals surface area (Å²) in [4.78, 5) is 27.8. The molecule has 1 amide bonds. The molecular weight excluding hydrogens is 410 g/mol. The smallest absolute Gasteiger partial charge is 0.227 e. The van der Waals surface area contributed by atoms with Gasteiger partial charge in [0.1, 0.15) is 11.4 Å². The first-order chi connectivity index (χ1) is 14.9. The van der Waals surface area contributed by atoms with Crippen LogP contribution in [0.4, 0.5) is 0 Å². The third kappa shape index (κ3) is 3.70. The largest absolute Gasteiger partial charge is 0.486 e. The number of fused-ring (bicyclic) bond motifs is 2. The lowest BCUT2D eigenvalue weighted by Crippen LogP contribution is -2.52. The summed E-state index contributed by atoms with van der Waals surface area (Å²) in [6.07, 6.45) is 2.03. The van der Waals surface area contributed by atoms with E-state index in [1.165, 1.54) is 0 Å². The zero-order valence-corrected chi connectivity index (χ0v) is 18.2.